The number of rotatable bonds is 7. The fraction of sp³-hybridized carbons (Fsp3) is 0.154. The lowest BCUT2D eigenvalue weighted by Gasteiger charge is -2.36. The number of aromatic nitrogens is 1. The lowest BCUT2D eigenvalue weighted by atomic mass is 9.99. The second kappa shape index (κ2) is 8.94. The minimum absolute atomic E-state index is 0.220. The predicted molar refractivity (Wildman–Crippen MR) is 126 cm³/mol. The van der Waals surface area contributed by atoms with Gasteiger partial charge in [-0.3, -0.25) is 9.69 Å². The molecule has 6 heteroatoms. The normalized spacial score (nSPS) is 14.1. The first kappa shape index (κ1) is 20.4. The van der Waals surface area contributed by atoms with Gasteiger partial charge in [-0.1, -0.05) is 42.5 Å². The van der Waals surface area contributed by atoms with Crippen LogP contribution in [-0.4, -0.2) is 34.0 Å². The van der Waals surface area contributed by atoms with Crippen LogP contribution >= 0.6 is 11.3 Å². The molecule has 3 aromatic carbocycles. The van der Waals surface area contributed by atoms with Gasteiger partial charge in [0.1, 0.15) is 16.5 Å². The molecular formula is C26H22N2O3S. The summed E-state index contributed by atoms with van der Waals surface area (Å²) in [6, 6.07) is 26.2. The van der Waals surface area contributed by atoms with Gasteiger partial charge in [0, 0.05) is 31.4 Å². The maximum absolute atomic E-state index is 10.9. The summed E-state index contributed by atoms with van der Waals surface area (Å²) in [5, 5.41) is 9.98. The van der Waals surface area contributed by atoms with Crippen molar-refractivity contribution in [2.75, 3.05) is 13.1 Å². The fourth-order valence-corrected chi connectivity index (χ4v) is 4.65. The maximum atomic E-state index is 10.9. The van der Waals surface area contributed by atoms with Crippen LogP contribution in [0.2, 0.25) is 0 Å². The molecule has 0 atom stereocenters. The molecule has 0 spiro atoms. The summed E-state index contributed by atoms with van der Waals surface area (Å²) in [6.45, 7) is 2.04. The van der Waals surface area contributed by atoms with Crippen LogP contribution in [-0.2, 0) is 11.3 Å². The van der Waals surface area contributed by atoms with E-state index in [1.54, 1.807) is 11.3 Å². The Hall–Kier alpha value is -3.48. The molecular weight excluding hydrogens is 420 g/mol. The minimum atomic E-state index is -0.700. The molecule has 1 fully saturated rings. The third kappa shape index (κ3) is 4.56. The van der Waals surface area contributed by atoms with Gasteiger partial charge in [0.05, 0.1) is 10.8 Å². The van der Waals surface area contributed by atoms with Gasteiger partial charge >= 0.3 is 5.97 Å². The van der Waals surface area contributed by atoms with E-state index in [4.69, 9.17) is 9.84 Å². The van der Waals surface area contributed by atoms with Gasteiger partial charge in [-0.15, -0.1) is 11.3 Å². The largest absolute Gasteiger partial charge is 0.481 e. The minimum Gasteiger partial charge on any atom is -0.481 e. The Balaban J connectivity index is 1.22. The molecule has 0 saturated carbocycles. The van der Waals surface area contributed by atoms with Crippen molar-refractivity contribution in [3.63, 3.8) is 0 Å². The molecule has 0 bridgehead atoms. The topological polar surface area (TPSA) is 62.7 Å². The summed E-state index contributed by atoms with van der Waals surface area (Å²) in [5.74, 6) is 0.702. The summed E-state index contributed by atoms with van der Waals surface area (Å²) < 4.78 is 5.87. The number of nitrogens with zero attached hydrogens (tertiary/aromatic N) is 2. The highest BCUT2D eigenvalue weighted by atomic mass is 32.1. The molecule has 1 aromatic heterocycles. The van der Waals surface area contributed by atoms with E-state index in [0.29, 0.717) is 13.1 Å². The molecule has 1 aliphatic rings. The lowest BCUT2D eigenvalue weighted by molar-refractivity contribution is -0.147. The number of para-hydroxylation sites is 1. The second-order valence-electron chi connectivity index (χ2n) is 7.90. The zero-order chi connectivity index (χ0) is 21.9. The summed E-state index contributed by atoms with van der Waals surface area (Å²) in [7, 11) is 0. The Morgan fingerprint density at radius 1 is 0.938 bits per heavy atom. The Labute approximate surface area is 190 Å². The van der Waals surface area contributed by atoms with Crippen molar-refractivity contribution in [3.05, 3.63) is 90.6 Å². The van der Waals surface area contributed by atoms with E-state index in [9.17, 15) is 4.79 Å². The number of hydrogen-bond acceptors (Lipinski definition) is 5. The van der Waals surface area contributed by atoms with Crippen molar-refractivity contribution in [2.45, 2.75) is 6.54 Å². The first-order valence-corrected chi connectivity index (χ1v) is 11.3. The molecule has 0 radical (unpaired) electrons. The van der Waals surface area contributed by atoms with Gasteiger partial charge in [0.2, 0.25) is 0 Å². The Kier molecular flexibility index (Phi) is 5.71. The van der Waals surface area contributed by atoms with Crippen molar-refractivity contribution >= 4 is 17.3 Å². The van der Waals surface area contributed by atoms with Gasteiger partial charge in [-0.2, -0.15) is 0 Å². The molecule has 2 heterocycles. The highest BCUT2D eigenvalue weighted by Gasteiger charge is 2.32. The summed E-state index contributed by atoms with van der Waals surface area (Å²) in [6.07, 6.45) is 1.91. The van der Waals surface area contributed by atoms with Crippen LogP contribution in [0.4, 0.5) is 0 Å². The molecule has 0 aliphatic carbocycles. The van der Waals surface area contributed by atoms with Crippen LogP contribution < -0.4 is 4.74 Å². The lowest BCUT2D eigenvalue weighted by Crippen LogP contribution is -2.49. The molecule has 5 nitrogen and oxygen atoms in total. The van der Waals surface area contributed by atoms with Crippen molar-refractivity contribution in [1.29, 1.82) is 0 Å². The van der Waals surface area contributed by atoms with E-state index >= 15 is 0 Å². The summed E-state index contributed by atoms with van der Waals surface area (Å²) in [4.78, 5) is 18.8. The van der Waals surface area contributed by atoms with Gasteiger partial charge in [-0.25, -0.2) is 4.98 Å². The first-order valence-electron chi connectivity index (χ1n) is 10.5. The second-order valence-corrected chi connectivity index (χ2v) is 8.93. The number of aliphatic carboxylic acids is 1. The van der Waals surface area contributed by atoms with E-state index < -0.39 is 5.97 Å². The van der Waals surface area contributed by atoms with E-state index in [-0.39, 0.29) is 5.92 Å². The molecule has 4 aromatic rings. The average Bonchev–Trinajstić information content (AvgIpc) is 3.28. The third-order valence-corrected chi connectivity index (χ3v) is 6.63. The smallest absolute Gasteiger partial charge is 0.309 e. The summed E-state index contributed by atoms with van der Waals surface area (Å²) in [5.41, 5.74) is 3.38. The monoisotopic (exact) mass is 442 g/mol. The number of thiazole rings is 1. The molecule has 160 valence electrons. The number of carbonyl (C=O) groups is 1. The van der Waals surface area contributed by atoms with Crippen LogP contribution in [0.25, 0.3) is 21.0 Å². The van der Waals surface area contributed by atoms with Crippen LogP contribution in [0.3, 0.4) is 0 Å². The molecule has 1 saturated heterocycles. The zero-order valence-corrected chi connectivity index (χ0v) is 18.2. The molecule has 1 aliphatic heterocycles. The summed E-state index contributed by atoms with van der Waals surface area (Å²) >= 11 is 1.66. The van der Waals surface area contributed by atoms with Crippen LogP contribution in [0, 0.1) is 5.92 Å². The number of carboxylic acid groups (broad SMARTS) is 1. The van der Waals surface area contributed by atoms with Gasteiger partial charge < -0.3 is 9.84 Å². The first-order chi connectivity index (χ1) is 15.6. The Morgan fingerprint density at radius 2 is 1.59 bits per heavy atom. The molecule has 0 amide bonds. The number of ether oxygens (including phenoxy) is 1. The van der Waals surface area contributed by atoms with Crippen molar-refractivity contribution in [1.82, 2.24) is 9.88 Å². The quantitative estimate of drug-likeness (QED) is 0.393. The van der Waals surface area contributed by atoms with E-state index in [2.05, 4.69) is 46.3 Å². The number of carboxylic acids is 1. The van der Waals surface area contributed by atoms with E-state index in [0.717, 1.165) is 39.1 Å². The molecule has 32 heavy (non-hydrogen) atoms. The maximum Gasteiger partial charge on any atom is 0.309 e. The van der Waals surface area contributed by atoms with Crippen LogP contribution in [0.5, 0.6) is 11.5 Å². The number of benzene rings is 3. The molecule has 1 N–H and O–H groups in total. The van der Waals surface area contributed by atoms with E-state index in [1.165, 1.54) is 5.56 Å². The Bertz CT molecular complexity index is 1200. The average molecular weight is 443 g/mol. The van der Waals surface area contributed by atoms with Gasteiger partial charge in [0.15, 0.2) is 0 Å². The van der Waals surface area contributed by atoms with Crippen LogP contribution in [0.1, 0.15) is 5.56 Å². The van der Waals surface area contributed by atoms with Crippen molar-refractivity contribution in [2.24, 2.45) is 5.92 Å². The third-order valence-electron chi connectivity index (χ3n) is 5.54. The Morgan fingerprint density at radius 3 is 2.28 bits per heavy atom. The standard InChI is InChI=1S/C26H22N2O3S/c29-26(30)21-16-28(17-21)15-18-6-8-20(9-7-18)25-27-14-24(32-25)19-10-12-23(13-11-19)31-22-4-2-1-3-5-22/h1-14,21H,15-17H2,(H,29,30). The highest BCUT2D eigenvalue weighted by Crippen LogP contribution is 2.33. The van der Waals surface area contributed by atoms with Crippen molar-refractivity contribution in [3.8, 4) is 32.5 Å². The highest BCUT2D eigenvalue weighted by molar-refractivity contribution is 7.18. The SMILES string of the molecule is O=C(O)C1CN(Cc2ccc(-c3ncc(-c4ccc(Oc5ccccc5)cc4)s3)cc2)C1. The van der Waals surface area contributed by atoms with Crippen molar-refractivity contribution < 1.29 is 14.6 Å². The fourth-order valence-electron chi connectivity index (χ4n) is 3.72. The molecule has 5 rings (SSSR count). The van der Waals surface area contributed by atoms with Gasteiger partial charge in [-0.05, 0) is 47.5 Å². The van der Waals surface area contributed by atoms with E-state index in [1.807, 2.05) is 48.7 Å². The number of hydrogen-bond donors (Lipinski definition) is 1. The molecule has 0 unspecified atom stereocenters. The predicted octanol–water partition coefficient (Wildman–Crippen LogP) is 5.79. The van der Waals surface area contributed by atoms with Gasteiger partial charge in [0.25, 0.3) is 0 Å². The number of likely N-dealkylation sites (tertiary alicyclic amines) is 1. The van der Waals surface area contributed by atoms with Crippen LogP contribution in [0.15, 0.2) is 85.1 Å². The zero-order valence-electron chi connectivity index (χ0n) is 17.3.